The van der Waals surface area contributed by atoms with Crippen LogP contribution in [0.3, 0.4) is 0 Å². The van der Waals surface area contributed by atoms with Crippen molar-refractivity contribution in [2.24, 2.45) is 5.73 Å². The zero-order valence-corrected chi connectivity index (χ0v) is 10.5. The summed E-state index contributed by atoms with van der Waals surface area (Å²) in [6.45, 7) is 5.07. The normalized spacial score (nSPS) is 12.2. The van der Waals surface area contributed by atoms with Crippen molar-refractivity contribution in [3.63, 3.8) is 0 Å². The highest BCUT2D eigenvalue weighted by molar-refractivity contribution is 5.41. The van der Waals surface area contributed by atoms with Crippen LogP contribution in [0.2, 0.25) is 0 Å². The molecule has 0 aliphatic rings. The summed E-state index contributed by atoms with van der Waals surface area (Å²) < 4.78 is 11.0. The average molecular weight is 239 g/mol. The van der Waals surface area contributed by atoms with Gasteiger partial charge in [0.2, 0.25) is 0 Å². The molecule has 0 radical (unpaired) electrons. The van der Waals surface area contributed by atoms with Gasteiger partial charge in [-0.15, -0.1) is 0 Å². The van der Waals surface area contributed by atoms with E-state index in [1.807, 2.05) is 32.0 Å². The fraction of sp³-hybridized carbons (Fsp3) is 0.538. The van der Waals surface area contributed by atoms with Gasteiger partial charge in [0, 0.05) is 12.1 Å². The summed E-state index contributed by atoms with van der Waals surface area (Å²) in [6, 6.07) is 5.44. The Bertz CT molecular complexity index is 341. The summed E-state index contributed by atoms with van der Waals surface area (Å²) in [5.41, 5.74) is 6.73. The number of hydrogen-bond acceptors (Lipinski definition) is 4. The van der Waals surface area contributed by atoms with Gasteiger partial charge >= 0.3 is 0 Å². The minimum absolute atomic E-state index is 0.0290. The van der Waals surface area contributed by atoms with Crippen molar-refractivity contribution in [2.75, 3.05) is 19.8 Å². The van der Waals surface area contributed by atoms with Crippen molar-refractivity contribution in [3.8, 4) is 11.5 Å². The Morgan fingerprint density at radius 2 is 1.94 bits per heavy atom. The smallest absolute Gasteiger partial charge is 0.126 e. The van der Waals surface area contributed by atoms with Gasteiger partial charge in [-0.1, -0.05) is 6.07 Å². The second-order valence-corrected chi connectivity index (χ2v) is 3.78. The number of aliphatic hydroxyl groups excluding tert-OH is 1. The van der Waals surface area contributed by atoms with E-state index in [4.69, 9.17) is 20.3 Å². The molecule has 0 bridgehead atoms. The maximum Gasteiger partial charge on any atom is 0.126 e. The van der Waals surface area contributed by atoms with Gasteiger partial charge in [0.15, 0.2) is 0 Å². The molecule has 0 amide bonds. The molecule has 1 aromatic rings. The van der Waals surface area contributed by atoms with Gasteiger partial charge in [0.05, 0.1) is 19.8 Å². The Hall–Kier alpha value is -1.26. The lowest BCUT2D eigenvalue weighted by Gasteiger charge is -2.14. The Balaban J connectivity index is 2.87. The van der Waals surface area contributed by atoms with Crippen molar-refractivity contribution in [1.82, 2.24) is 0 Å². The molecule has 0 aliphatic carbocycles. The predicted octanol–water partition coefficient (Wildman–Crippen LogP) is 1.35. The van der Waals surface area contributed by atoms with Gasteiger partial charge < -0.3 is 20.3 Å². The highest BCUT2D eigenvalue weighted by Crippen LogP contribution is 2.26. The number of hydrogen-bond donors (Lipinski definition) is 2. The molecule has 96 valence electrons. The van der Waals surface area contributed by atoms with Crippen molar-refractivity contribution < 1.29 is 14.6 Å². The second kappa shape index (κ2) is 7.14. The Morgan fingerprint density at radius 3 is 2.53 bits per heavy atom. The van der Waals surface area contributed by atoms with E-state index in [1.54, 1.807) is 0 Å². The first kappa shape index (κ1) is 13.8. The third-order valence-electron chi connectivity index (χ3n) is 2.37. The molecule has 0 aromatic heterocycles. The molecule has 1 rings (SSSR count). The monoisotopic (exact) mass is 239 g/mol. The predicted molar refractivity (Wildman–Crippen MR) is 67.5 cm³/mol. The van der Waals surface area contributed by atoms with Crippen molar-refractivity contribution in [3.05, 3.63) is 23.8 Å². The molecule has 0 heterocycles. The van der Waals surface area contributed by atoms with Crippen LogP contribution in [0.25, 0.3) is 0 Å². The van der Waals surface area contributed by atoms with E-state index in [2.05, 4.69) is 0 Å². The number of rotatable bonds is 7. The van der Waals surface area contributed by atoms with E-state index in [-0.39, 0.29) is 12.6 Å². The standard InChI is InChI=1S/C13H21NO3/c1-3-16-12-6-5-10(7-11(14)9-15)13(8-12)17-4-2/h5-6,8,11,15H,3-4,7,9,14H2,1-2H3. The van der Waals surface area contributed by atoms with Gasteiger partial charge in [0.1, 0.15) is 11.5 Å². The summed E-state index contributed by atoms with van der Waals surface area (Å²) in [5.74, 6) is 1.57. The number of ether oxygens (including phenoxy) is 2. The van der Waals surface area contributed by atoms with Crippen LogP contribution in [-0.2, 0) is 6.42 Å². The summed E-state index contributed by atoms with van der Waals surface area (Å²) >= 11 is 0. The Kier molecular flexibility index (Phi) is 5.80. The molecule has 0 fully saturated rings. The highest BCUT2D eigenvalue weighted by Gasteiger charge is 2.09. The van der Waals surface area contributed by atoms with Crippen LogP contribution in [-0.4, -0.2) is 31.0 Å². The fourth-order valence-electron chi connectivity index (χ4n) is 1.60. The lowest BCUT2D eigenvalue weighted by atomic mass is 10.1. The molecule has 0 spiro atoms. The molecule has 4 nitrogen and oxygen atoms in total. The minimum atomic E-state index is -0.257. The van der Waals surface area contributed by atoms with Crippen molar-refractivity contribution in [1.29, 1.82) is 0 Å². The fourth-order valence-corrected chi connectivity index (χ4v) is 1.60. The topological polar surface area (TPSA) is 64.7 Å². The Morgan fingerprint density at radius 1 is 1.24 bits per heavy atom. The van der Waals surface area contributed by atoms with E-state index in [1.165, 1.54) is 0 Å². The van der Waals surface area contributed by atoms with E-state index in [0.29, 0.717) is 19.6 Å². The summed E-state index contributed by atoms with van der Waals surface area (Å²) in [7, 11) is 0. The molecule has 17 heavy (non-hydrogen) atoms. The lowest BCUT2D eigenvalue weighted by Crippen LogP contribution is -2.27. The second-order valence-electron chi connectivity index (χ2n) is 3.78. The molecule has 0 aliphatic heterocycles. The summed E-state index contributed by atoms with van der Waals surface area (Å²) in [6.07, 6.45) is 0.595. The van der Waals surface area contributed by atoms with Crippen LogP contribution in [0.5, 0.6) is 11.5 Å². The maximum atomic E-state index is 8.97. The molecular weight excluding hydrogens is 218 g/mol. The molecular formula is C13H21NO3. The zero-order chi connectivity index (χ0) is 12.7. The highest BCUT2D eigenvalue weighted by atomic mass is 16.5. The van der Waals surface area contributed by atoms with Crippen LogP contribution < -0.4 is 15.2 Å². The van der Waals surface area contributed by atoms with Gasteiger partial charge in [-0.05, 0) is 31.9 Å². The first-order valence-electron chi connectivity index (χ1n) is 5.96. The molecule has 4 heteroatoms. The largest absolute Gasteiger partial charge is 0.494 e. The summed E-state index contributed by atoms with van der Waals surface area (Å²) in [4.78, 5) is 0. The first-order chi connectivity index (χ1) is 8.21. The third-order valence-corrected chi connectivity index (χ3v) is 2.37. The third kappa shape index (κ3) is 4.24. The van der Waals surface area contributed by atoms with E-state index in [9.17, 15) is 0 Å². The first-order valence-corrected chi connectivity index (χ1v) is 5.96. The molecule has 1 atom stereocenters. The van der Waals surface area contributed by atoms with Gasteiger partial charge in [-0.2, -0.15) is 0 Å². The zero-order valence-electron chi connectivity index (χ0n) is 10.5. The van der Waals surface area contributed by atoms with E-state index in [0.717, 1.165) is 17.1 Å². The maximum absolute atomic E-state index is 8.97. The number of aliphatic hydroxyl groups is 1. The molecule has 1 aromatic carbocycles. The van der Waals surface area contributed by atoms with E-state index >= 15 is 0 Å². The van der Waals surface area contributed by atoms with Gasteiger partial charge in [-0.3, -0.25) is 0 Å². The molecule has 1 unspecified atom stereocenters. The van der Waals surface area contributed by atoms with Crippen LogP contribution in [0, 0.1) is 0 Å². The van der Waals surface area contributed by atoms with Gasteiger partial charge in [-0.25, -0.2) is 0 Å². The molecule has 0 saturated heterocycles. The van der Waals surface area contributed by atoms with Crippen LogP contribution in [0.4, 0.5) is 0 Å². The van der Waals surface area contributed by atoms with E-state index < -0.39 is 0 Å². The molecule has 0 saturated carbocycles. The van der Waals surface area contributed by atoms with Gasteiger partial charge in [0.25, 0.3) is 0 Å². The lowest BCUT2D eigenvalue weighted by molar-refractivity contribution is 0.263. The number of benzene rings is 1. The number of nitrogens with two attached hydrogens (primary N) is 1. The summed E-state index contributed by atoms with van der Waals surface area (Å²) in [5, 5.41) is 8.97. The molecule has 3 N–H and O–H groups in total. The average Bonchev–Trinajstić information content (AvgIpc) is 2.33. The SMILES string of the molecule is CCOc1ccc(CC(N)CO)c(OCC)c1. The van der Waals surface area contributed by atoms with Crippen LogP contribution in [0.1, 0.15) is 19.4 Å². The van der Waals surface area contributed by atoms with Crippen LogP contribution >= 0.6 is 0 Å². The van der Waals surface area contributed by atoms with Crippen molar-refractivity contribution >= 4 is 0 Å². The minimum Gasteiger partial charge on any atom is -0.494 e. The Labute approximate surface area is 102 Å². The quantitative estimate of drug-likeness (QED) is 0.753. The van der Waals surface area contributed by atoms with Crippen LogP contribution in [0.15, 0.2) is 18.2 Å². The van der Waals surface area contributed by atoms with Crippen molar-refractivity contribution in [2.45, 2.75) is 26.3 Å².